The fourth-order valence-electron chi connectivity index (χ4n) is 2.44. The number of amides is 1. The van der Waals surface area contributed by atoms with Gasteiger partial charge in [-0.1, -0.05) is 6.07 Å². The van der Waals surface area contributed by atoms with E-state index in [4.69, 9.17) is 0 Å². The van der Waals surface area contributed by atoms with E-state index in [1.165, 1.54) is 12.5 Å². The fourth-order valence-corrected chi connectivity index (χ4v) is 2.44. The van der Waals surface area contributed by atoms with Crippen LogP contribution in [-0.4, -0.2) is 35.4 Å². The number of carbonyl (C=O) groups is 1. The van der Waals surface area contributed by atoms with Crippen molar-refractivity contribution < 1.29 is 9.72 Å². The first-order chi connectivity index (χ1) is 9.59. The molecule has 0 bridgehead atoms. The summed E-state index contributed by atoms with van der Waals surface area (Å²) in [6.45, 7) is 3.50. The summed E-state index contributed by atoms with van der Waals surface area (Å²) in [5.74, 6) is 0.0515. The number of likely N-dealkylation sites (tertiary alicyclic amines) is 1. The van der Waals surface area contributed by atoms with E-state index in [0.717, 1.165) is 25.9 Å². The standard InChI is InChI=1S/C14H19N3O3/c1-11-12(6-5-7-13(11)17(19)20)15-10-14(18)16-8-3-2-4-9-16/h5-7,15H,2-4,8-10H2,1H3. The molecule has 1 aromatic rings. The van der Waals surface area contributed by atoms with E-state index in [0.29, 0.717) is 11.3 Å². The number of anilines is 1. The summed E-state index contributed by atoms with van der Waals surface area (Å²) in [5, 5.41) is 13.9. The molecule has 0 radical (unpaired) electrons. The Kier molecular flexibility index (Phi) is 4.55. The number of nitrogens with one attached hydrogen (secondary N) is 1. The highest BCUT2D eigenvalue weighted by atomic mass is 16.6. The topological polar surface area (TPSA) is 75.5 Å². The van der Waals surface area contributed by atoms with E-state index in [1.54, 1.807) is 19.1 Å². The molecule has 0 unspecified atom stereocenters. The van der Waals surface area contributed by atoms with E-state index in [1.807, 2.05) is 4.90 Å². The van der Waals surface area contributed by atoms with Crippen LogP contribution in [0.25, 0.3) is 0 Å². The zero-order valence-electron chi connectivity index (χ0n) is 11.6. The summed E-state index contributed by atoms with van der Waals surface area (Å²) in [6, 6.07) is 4.84. The van der Waals surface area contributed by atoms with Gasteiger partial charge in [-0.05, 0) is 32.3 Å². The van der Waals surface area contributed by atoms with Crippen molar-refractivity contribution in [2.75, 3.05) is 25.0 Å². The van der Waals surface area contributed by atoms with E-state index in [9.17, 15) is 14.9 Å². The van der Waals surface area contributed by atoms with Crippen LogP contribution in [-0.2, 0) is 4.79 Å². The van der Waals surface area contributed by atoms with Gasteiger partial charge < -0.3 is 10.2 Å². The number of nitro benzene ring substituents is 1. The molecule has 6 nitrogen and oxygen atoms in total. The Morgan fingerprint density at radius 2 is 2.05 bits per heavy atom. The van der Waals surface area contributed by atoms with Crippen LogP contribution in [0.15, 0.2) is 18.2 Å². The second-order valence-electron chi connectivity index (χ2n) is 5.00. The van der Waals surface area contributed by atoms with Crippen molar-refractivity contribution in [2.24, 2.45) is 0 Å². The summed E-state index contributed by atoms with van der Waals surface area (Å²) in [6.07, 6.45) is 3.30. The second-order valence-corrected chi connectivity index (χ2v) is 5.00. The maximum Gasteiger partial charge on any atom is 0.274 e. The van der Waals surface area contributed by atoms with E-state index >= 15 is 0 Å². The Bertz CT molecular complexity index is 510. The average Bonchev–Trinajstić information content (AvgIpc) is 2.46. The Labute approximate surface area is 117 Å². The quantitative estimate of drug-likeness (QED) is 0.677. The molecule has 1 amide bonds. The number of hydrogen-bond donors (Lipinski definition) is 1. The monoisotopic (exact) mass is 277 g/mol. The van der Waals surface area contributed by atoms with Crippen LogP contribution in [0, 0.1) is 17.0 Å². The van der Waals surface area contributed by atoms with Crippen LogP contribution >= 0.6 is 0 Å². The number of hydrogen-bond acceptors (Lipinski definition) is 4. The minimum Gasteiger partial charge on any atom is -0.376 e. The number of benzene rings is 1. The third-order valence-electron chi connectivity index (χ3n) is 3.64. The van der Waals surface area contributed by atoms with Crippen LogP contribution in [0.2, 0.25) is 0 Å². The minimum absolute atomic E-state index is 0.0515. The molecule has 0 aromatic heterocycles. The molecule has 1 aliphatic rings. The molecular weight excluding hydrogens is 258 g/mol. The molecule has 1 saturated heterocycles. The van der Waals surface area contributed by atoms with Crippen LogP contribution < -0.4 is 5.32 Å². The van der Waals surface area contributed by atoms with Gasteiger partial charge in [-0.25, -0.2) is 0 Å². The first kappa shape index (κ1) is 14.3. The summed E-state index contributed by atoms with van der Waals surface area (Å²) >= 11 is 0. The molecule has 1 aromatic carbocycles. The molecule has 1 fully saturated rings. The smallest absolute Gasteiger partial charge is 0.274 e. The van der Waals surface area contributed by atoms with Gasteiger partial charge in [-0.2, -0.15) is 0 Å². The van der Waals surface area contributed by atoms with Crippen LogP contribution in [0.4, 0.5) is 11.4 Å². The molecule has 1 heterocycles. The lowest BCUT2D eigenvalue weighted by molar-refractivity contribution is -0.385. The normalized spacial score (nSPS) is 14.9. The molecule has 0 saturated carbocycles. The molecule has 6 heteroatoms. The fraction of sp³-hybridized carbons (Fsp3) is 0.500. The first-order valence-corrected chi connectivity index (χ1v) is 6.85. The van der Waals surface area contributed by atoms with Crippen molar-refractivity contribution in [3.8, 4) is 0 Å². The molecule has 1 N–H and O–H groups in total. The van der Waals surface area contributed by atoms with Crippen LogP contribution in [0.3, 0.4) is 0 Å². The average molecular weight is 277 g/mol. The van der Waals surface area contributed by atoms with Gasteiger partial charge in [-0.15, -0.1) is 0 Å². The predicted octanol–water partition coefficient (Wildman–Crippen LogP) is 2.33. The van der Waals surface area contributed by atoms with E-state index in [-0.39, 0.29) is 18.1 Å². The van der Waals surface area contributed by atoms with Gasteiger partial charge in [0.15, 0.2) is 0 Å². The summed E-state index contributed by atoms with van der Waals surface area (Å²) in [7, 11) is 0. The Hall–Kier alpha value is -2.11. The van der Waals surface area contributed by atoms with Crippen molar-refractivity contribution in [1.29, 1.82) is 0 Å². The zero-order valence-corrected chi connectivity index (χ0v) is 11.6. The highest BCUT2D eigenvalue weighted by molar-refractivity contribution is 5.81. The van der Waals surface area contributed by atoms with Crippen LogP contribution in [0.5, 0.6) is 0 Å². The number of rotatable bonds is 4. The summed E-state index contributed by atoms with van der Waals surface area (Å²) in [5.41, 5.74) is 1.27. The molecule has 20 heavy (non-hydrogen) atoms. The lowest BCUT2D eigenvalue weighted by atomic mass is 10.1. The lowest BCUT2D eigenvalue weighted by Gasteiger charge is -2.27. The van der Waals surface area contributed by atoms with Gasteiger partial charge >= 0.3 is 0 Å². The predicted molar refractivity (Wildman–Crippen MR) is 76.8 cm³/mol. The Balaban J connectivity index is 1.98. The van der Waals surface area contributed by atoms with Gasteiger partial charge in [0.05, 0.1) is 11.5 Å². The van der Waals surface area contributed by atoms with Crippen molar-refractivity contribution in [2.45, 2.75) is 26.2 Å². The van der Waals surface area contributed by atoms with E-state index in [2.05, 4.69) is 5.32 Å². The molecule has 2 rings (SSSR count). The first-order valence-electron chi connectivity index (χ1n) is 6.85. The molecule has 0 aliphatic carbocycles. The highest BCUT2D eigenvalue weighted by Gasteiger charge is 2.17. The van der Waals surface area contributed by atoms with Crippen molar-refractivity contribution >= 4 is 17.3 Å². The van der Waals surface area contributed by atoms with Gasteiger partial charge in [0.25, 0.3) is 5.69 Å². The Morgan fingerprint density at radius 1 is 1.35 bits per heavy atom. The zero-order chi connectivity index (χ0) is 14.5. The maximum atomic E-state index is 12.0. The third-order valence-corrected chi connectivity index (χ3v) is 3.64. The highest BCUT2D eigenvalue weighted by Crippen LogP contribution is 2.24. The molecule has 108 valence electrons. The summed E-state index contributed by atoms with van der Waals surface area (Å²) in [4.78, 5) is 24.3. The molecule has 0 spiro atoms. The molecule has 0 atom stereocenters. The lowest BCUT2D eigenvalue weighted by Crippen LogP contribution is -2.39. The number of piperidine rings is 1. The van der Waals surface area contributed by atoms with Crippen molar-refractivity contribution in [3.05, 3.63) is 33.9 Å². The third kappa shape index (κ3) is 3.26. The van der Waals surface area contributed by atoms with Crippen LogP contribution in [0.1, 0.15) is 24.8 Å². The number of nitro groups is 1. The minimum atomic E-state index is -0.410. The number of nitrogens with zero attached hydrogens (tertiary/aromatic N) is 2. The Morgan fingerprint density at radius 3 is 2.70 bits per heavy atom. The van der Waals surface area contributed by atoms with Gasteiger partial charge in [0, 0.05) is 30.4 Å². The largest absolute Gasteiger partial charge is 0.376 e. The van der Waals surface area contributed by atoms with Gasteiger partial charge in [0.1, 0.15) is 0 Å². The van der Waals surface area contributed by atoms with Crippen molar-refractivity contribution in [1.82, 2.24) is 4.90 Å². The summed E-state index contributed by atoms with van der Waals surface area (Å²) < 4.78 is 0. The second kappa shape index (κ2) is 6.36. The molecule has 1 aliphatic heterocycles. The van der Waals surface area contributed by atoms with Gasteiger partial charge in [-0.3, -0.25) is 14.9 Å². The SMILES string of the molecule is Cc1c(NCC(=O)N2CCCCC2)cccc1[N+](=O)[O-]. The number of carbonyl (C=O) groups excluding carboxylic acids is 1. The van der Waals surface area contributed by atoms with Gasteiger partial charge in [0.2, 0.25) is 5.91 Å². The maximum absolute atomic E-state index is 12.0. The van der Waals surface area contributed by atoms with Crippen molar-refractivity contribution in [3.63, 3.8) is 0 Å². The molecular formula is C14H19N3O3. The van der Waals surface area contributed by atoms with E-state index < -0.39 is 4.92 Å².